The zero-order valence-corrected chi connectivity index (χ0v) is 32.4. The molecule has 0 bridgehead atoms. The Kier molecular flexibility index (Phi) is 18.1. The van der Waals surface area contributed by atoms with Gasteiger partial charge in [0.05, 0.1) is 23.7 Å². The first-order valence-electron chi connectivity index (χ1n) is 15.3. The molecular formula is C31H30Cl2F6N4O10S3. The number of amides is 2. The lowest BCUT2D eigenvalue weighted by Crippen LogP contribution is -2.70. The maximum Gasteiger partial charge on any atom is 0.490 e. The van der Waals surface area contributed by atoms with Gasteiger partial charge in [-0.05, 0) is 23.8 Å². The number of nitrogens with zero attached hydrogens (tertiary/aromatic N) is 2. The van der Waals surface area contributed by atoms with Gasteiger partial charge < -0.3 is 36.3 Å². The molecule has 2 aliphatic rings. The monoisotopic (exact) mass is 898 g/mol. The summed E-state index contributed by atoms with van der Waals surface area (Å²) in [5, 5.41) is 38.3. The fourth-order valence-corrected chi connectivity index (χ4v) is 8.51. The Morgan fingerprint density at radius 2 is 1.64 bits per heavy atom. The lowest BCUT2D eigenvalue weighted by molar-refractivity contribution is -0.707. The molecule has 1 aromatic carbocycles. The molecule has 1 saturated heterocycles. The number of aromatic nitrogens is 1. The van der Waals surface area contributed by atoms with E-state index in [4.69, 9.17) is 53.8 Å². The van der Waals surface area contributed by atoms with Crippen LogP contribution in [0.3, 0.4) is 0 Å². The van der Waals surface area contributed by atoms with Crippen LogP contribution in [-0.2, 0) is 41.7 Å². The highest BCUT2D eigenvalue weighted by Crippen LogP contribution is 2.42. The number of β-lactam (4-membered cyclic amide) rings is 1. The summed E-state index contributed by atoms with van der Waals surface area (Å²) in [6.07, 6.45) is -9.96. The van der Waals surface area contributed by atoms with E-state index in [1.807, 2.05) is 23.6 Å². The van der Waals surface area contributed by atoms with Gasteiger partial charge in [-0.25, -0.2) is 9.59 Å². The normalized spacial score (nSPS) is 16.3. The molecule has 3 heterocycles. The van der Waals surface area contributed by atoms with Crippen LogP contribution in [0, 0.1) is 6.92 Å². The van der Waals surface area contributed by atoms with Gasteiger partial charge in [-0.15, -0.1) is 35.3 Å². The molecule has 0 spiro atoms. The number of aliphatic carboxylic acids is 4. The first-order chi connectivity index (χ1) is 25.9. The summed E-state index contributed by atoms with van der Waals surface area (Å²) in [6.45, 7) is 2.88. The second-order valence-corrected chi connectivity index (χ2v) is 15.1. The number of pyridine rings is 1. The van der Waals surface area contributed by atoms with Crippen LogP contribution in [0.4, 0.5) is 26.3 Å². The van der Waals surface area contributed by atoms with E-state index in [0.29, 0.717) is 51.5 Å². The zero-order chi connectivity index (χ0) is 42.7. The number of aryl methyl sites for hydroxylation is 2. The molecule has 6 N–H and O–H groups in total. The van der Waals surface area contributed by atoms with E-state index in [1.54, 1.807) is 18.2 Å². The predicted octanol–water partition coefficient (Wildman–Crippen LogP) is 3.12. The highest BCUT2D eigenvalue weighted by atomic mass is 35.5. The zero-order valence-electron chi connectivity index (χ0n) is 28.4. The molecule has 56 heavy (non-hydrogen) atoms. The van der Waals surface area contributed by atoms with Crippen molar-refractivity contribution in [3.63, 3.8) is 0 Å². The lowest BCUT2D eigenvalue weighted by Gasteiger charge is -2.49. The first-order valence-corrected chi connectivity index (χ1v) is 19.1. The summed E-state index contributed by atoms with van der Waals surface area (Å²) in [7, 11) is 0. The number of carbonyl (C=O) groups is 6. The third-order valence-corrected chi connectivity index (χ3v) is 11.2. The van der Waals surface area contributed by atoms with Gasteiger partial charge >= 0.3 is 30.3 Å². The maximum absolute atomic E-state index is 13.0. The summed E-state index contributed by atoms with van der Waals surface area (Å²) < 4.78 is 65.3. The molecule has 0 aliphatic carbocycles. The average molecular weight is 900 g/mol. The van der Waals surface area contributed by atoms with E-state index in [0.717, 1.165) is 16.3 Å². The third kappa shape index (κ3) is 14.2. The van der Waals surface area contributed by atoms with Crippen LogP contribution < -0.4 is 20.7 Å². The average Bonchev–Trinajstić information content (AvgIpc) is 3.09. The topological polar surface area (TPSA) is 231 Å². The Bertz CT molecular complexity index is 1850. The summed E-state index contributed by atoms with van der Waals surface area (Å²) in [5.74, 6) is -7.98. The molecule has 1 aromatic heterocycles. The number of alkyl halides is 6. The minimum Gasteiger partial charge on any atom is -0.542 e. The third-order valence-electron chi connectivity index (χ3n) is 7.09. The van der Waals surface area contributed by atoms with Crippen LogP contribution in [-0.4, -0.2) is 103 Å². The van der Waals surface area contributed by atoms with Gasteiger partial charge in [-0.3, -0.25) is 19.3 Å². The summed E-state index contributed by atoms with van der Waals surface area (Å²) in [6, 6.07) is 7.98. The molecular weight excluding hydrogens is 869 g/mol. The molecule has 0 unspecified atom stereocenters. The quantitative estimate of drug-likeness (QED) is 0.0843. The second-order valence-electron chi connectivity index (χ2n) is 11.1. The minimum absolute atomic E-state index is 0.0149. The Morgan fingerprint density at radius 3 is 2.16 bits per heavy atom. The number of benzene rings is 1. The molecule has 1 fully saturated rings. The Morgan fingerprint density at radius 1 is 1.04 bits per heavy atom. The van der Waals surface area contributed by atoms with Gasteiger partial charge in [0.25, 0.3) is 5.91 Å². The predicted molar refractivity (Wildman–Crippen MR) is 189 cm³/mol. The number of fused-ring (bicyclic) bond motifs is 1. The van der Waals surface area contributed by atoms with Gasteiger partial charge in [0.2, 0.25) is 5.91 Å². The van der Waals surface area contributed by atoms with Crippen molar-refractivity contribution in [2.75, 3.05) is 23.8 Å². The van der Waals surface area contributed by atoms with Crippen molar-refractivity contribution >= 4 is 94.2 Å². The van der Waals surface area contributed by atoms with E-state index in [9.17, 15) is 50.6 Å². The Balaban J connectivity index is 0.000000657. The standard InChI is InChI=1S/C27H28Cl2N4O6S3.2C2HF3O2/c1-14-8-18(10-17(3-5-22(35)36)32(14)7-6-30)40-11-15-12-42-26-23(25(37)33(26)24(15)27(38)39)31-21(34)13-41-20-9-16(28)2-4-19(20)29;2*3-2(4,5)1(6)7/h2,4,8-10,23,26H,3,5-7,11-13,30H2,1H3,(H2-,31,34,35,36,38,39);2*(H,6,7)/t23-,26-;;/m1../s1. The van der Waals surface area contributed by atoms with Gasteiger partial charge in [0.15, 0.2) is 17.9 Å². The molecule has 2 aliphatic heterocycles. The van der Waals surface area contributed by atoms with Crippen molar-refractivity contribution in [2.24, 2.45) is 5.73 Å². The van der Waals surface area contributed by atoms with Crippen LogP contribution in [0.1, 0.15) is 17.8 Å². The van der Waals surface area contributed by atoms with E-state index < -0.39 is 53.6 Å². The smallest absolute Gasteiger partial charge is 0.490 e. The molecule has 25 heteroatoms. The largest absolute Gasteiger partial charge is 0.542 e. The number of hydrogen-bond acceptors (Lipinski definition) is 11. The van der Waals surface area contributed by atoms with Gasteiger partial charge in [-0.1, -0.05) is 23.2 Å². The van der Waals surface area contributed by atoms with Crippen molar-refractivity contribution in [1.29, 1.82) is 0 Å². The van der Waals surface area contributed by atoms with Crippen LogP contribution in [0.2, 0.25) is 10.0 Å². The SMILES string of the molecule is Cc1cc(SCC2=C(C(=O)O)N3C(=O)[C@@H](NC(=O)CSc4cc(Cl)ccc4Cl)[C@H]3SC2)cc(CCC(=O)O)[n+]1CCN.O=C(O)C(F)(F)F.O=C([O-])C(F)(F)F. The van der Waals surface area contributed by atoms with Crippen molar-refractivity contribution in [1.82, 2.24) is 10.2 Å². The highest BCUT2D eigenvalue weighted by molar-refractivity contribution is 8.01. The van der Waals surface area contributed by atoms with Crippen molar-refractivity contribution < 1.29 is 80.1 Å². The number of carbonyl (C=O) groups excluding carboxylic acids is 3. The van der Waals surface area contributed by atoms with Crippen LogP contribution >= 0.6 is 58.5 Å². The maximum atomic E-state index is 13.0. The van der Waals surface area contributed by atoms with Crippen molar-refractivity contribution in [2.45, 2.75) is 59.9 Å². The highest BCUT2D eigenvalue weighted by Gasteiger charge is 2.54. The van der Waals surface area contributed by atoms with E-state index in [-0.39, 0.29) is 23.8 Å². The molecule has 2 aromatic rings. The number of thioether (sulfide) groups is 3. The number of hydrogen-bond donors (Lipinski definition) is 5. The van der Waals surface area contributed by atoms with Crippen molar-refractivity contribution in [3.05, 3.63) is 63.0 Å². The fourth-order valence-electron chi connectivity index (χ4n) is 4.68. The lowest BCUT2D eigenvalue weighted by atomic mass is 10.0. The molecule has 0 saturated carbocycles. The molecule has 2 atom stereocenters. The second kappa shape index (κ2) is 21.0. The number of nitrogens with one attached hydrogen (secondary N) is 1. The Hall–Kier alpha value is -3.90. The minimum atomic E-state index is -5.19. The number of rotatable bonds is 13. The summed E-state index contributed by atoms with van der Waals surface area (Å²) in [4.78, 5) is 69.5. The van der Waals surface area contributed by atoms with Gasteiger partial charge in [-0.2, -0.15) is 30.9 Å². The molecule has 4 rings (SSSR count). The van der Waals surface area contributed by atoms with Crippen LogP contribution in [0.5, 0.6) is 0 Å². The number of carboxylic acids is 4. The van der Waals surface area contributed by atoms with Gasteiger partial charge in [0.1, 0.15) is 23.1 Å². The number of halogens is 8. The molecule has 14 nitrogen and oxygen atoms in total. The fraction of sp³-hybridized carbons (Fsp3) is 0.387. The van der Waals surface area contributed by atoms with Gasteiger partial charge in [0, 0.05) is 51.8 Å². The van der Waals surface area contributed by atoms with Crippen LogP contribution in [0.15, 0.2) is 51.4 Å². The number of carboxylic acid groups (broad SMARTS) is 4. The van der Waals surface area contributed by atoms with Crippen molar-refractivity contribution in [3.8, 4) is 0 Å². The van der Waals surface area contributed by atoms with Crippen LogP contribution in [0.25, 0.3) is 0 Å². The summed E-state index contributed by atoms with van der Waals surface area (Å²) >= 11 is 16.2. The summed E-state index contributed by atoms with van der Waals surface area (Å²) in [5.41, 5.74) is 8.05. The van der Waals surface area contributed by atoms with E-state index >= 15 is 0 Å². The Labute approximate surface area is 335 Å². The molecule has 308 valence electrons. The number of nitrogens with two attached hydrogens (primary N) is 1. The molecule has 2 amide bonds. The van der Waals surface area contributed by atoms with E-state index in [2.05, 4.69) is 5.32 Å². The van der Waals surface area contributed by atoms with E-state index in [1.165, 1.54) is 40.2 Å². The molecule has 0 radical (unpaired) electrons. The first kappa shape index (κ1) is 48.2.